The van der Waals surface area contributed by atoms with Crippen molar-refractivity contribution in [2.24, 2.45) is 0 Å². The van der Waals surface area contributed by atoms with Gasteiger partial charge in [0.25, 0.3) is 5.56 Å². The van der Waals surface area contributed by atoms with Crippen LogP contribution in [0, 0.1) is 10.1 Å². The fraction of sp³-hybridized carbons (Fsp3) is 0.500. The summed E-state index contributed by atoms with van der Waals surface area (Å²) in [5.41, 5.74) is -9.50. The number of aliphatic hydroxyl groups excluding tert-OH is 2. The van der Waals surface area contributed by atoms with Crippen LogP contribution in [0.25, 0.3) is 0 Å². The topological polar surface area (TPSA) is 205 Å². The molecule has 13 heteroatoms. The van der Waals surface area contributed by atoms with E-state index in [4.69, 9.17) is 9.84 Å². The number of rotatable bonds is 4. The van der Waals surface area contributed by atoms with Crippen molar-refractivity contribution in [2.45, 2.75) is 23.7 Å². The highest BCUT2D eigenvalue weighted by atomic mass is 16.7. The van der Waals surface area contributed by atoms with Gasteiger partial charge in [0.05, 0.1) is 11.5 Å². The van der Waals surface area contributed by atoms with E-state index in [2.05, 4.69) is 0 Å². The van der Waals surface area contributed by atoms with E-state index in [1.165, 1.54) is 0 Å². The number of ether oxygens (including phenoxy) is 1. The Balaban J connectivity index is 2.87. The average Bonchev–Trinajstić information content (AvgIpc) is 2.70. The smallest absolute Gasteiger partial charge is 0.410 e. The number of hydrogen-bond donors (Lipinski definition) is 5. The van der Waals surface area contributed by atoms with Crippen molar-refractivity contribution in [1.82, 2.24) is 9.55 Å². The van der Waals surface area contributed by atoms with Crippen molar-refractivity contribution in [3.05, 3.63) is 43.2 Å². The van der Waals surface area contributed by atoms with Gasteiger partial charge in [-0.2, -0.15) is 0 Å². The van der Waals surface area contributed by atoms with Crippen LogP contribution < -0.4 is 11.2 Å². The Hall–Kier alpha value is -2.61. The lowest BCUT2D eigenvalue weighted by Crippen LogP contribution is -2.68. The average molecular weight is 333 g/mol. The fourth-order valence-electron chi connectivity index (χ4n) is 2.41. The number of aromatic nitrogens is 2. The van der Waals surface area contributed by atoms with E-state index in [0.717, 1.165) is 0 Å². The molecule has 13 nitrogen and oxygen atoms in total. The molecule has 5 N–H and O–H groups in total. The minimum absolute atomic E-state index is 0.0540. The summed E-state index contributed by atoms with van der Waals surface area (Å²) < 4.78 is 4.86. The number of carbonyl (C=O) groups is 1. The number of aliphatic carboxylic acids is 1. The van der Waals surface area contributed by atoms with E-state index in [9.17, 15) is 39.8 Å². The molecule has 1 fully saturated rings. The maximum absolute atomic E-state index is 11.8. The van der Waals surface area contributed by atoms with E-state index >= 15 is 0 Å². The monoisotopic (exact) mass is 333 g/mol. The predicted octanol–water partition coefficient (Wildman–Crippen LogP) is -4.01. The number of nitro groups is 1. The third-order valence-corrected chi connectivity index (χ3v) is 3.50. The standard InChI is InChI=1S/C10H11N3O10/c14-3-4-6(16)9(20,13(21)22)10(23-4,7(17)18)12-2-1-5(15)11-8(12)19/h1-2,4,6,14,16,20H,3H2,(H,17,18)(H,11,15,19)/t4-,6-,9-,10-/m1/s1. The van der Waals surface area contributed by atoms with Crippen LogP contribution in [0.4, 0.5) is 0 Å². The normalized spacial score (nSPS) is 33.5. The first-order valence-electron chi connectivity index (χ1n) is 6.02. The molecule has 0 amide bonds. The highest BCUT2D eigenvalue weighted by molar-refractivity contribution is 5.77. The van der Waals surface area contributed by atoms with Crippen LogP contribution >= 0.6 is 0 Å². The molecule has 2 heterocycles. The zero-order valence-corrected chi connectivity index (χ0v) is 11.1. The van der Waals surface area contributed by atoms with Crippen LogP contribution in [0.1, 0.15) is 0 Å². The van der Waals surface area contributed by atoms with Gasteiger partial charge in [0.15, 0.2) is 6.10 Å². The Morgan fingerprint density at radius 3 is 2.57 bits per heavy atom. The molecule has 2 rings (SSSR count). The minimum atomic E-state index is -3.71. The minimum Gasteiger partial charge on any atom is -0.477 e. The van der Waals surface area contributed by atoms with Gasteiger partial charge in [0.2, 0.25) is 0 Å². The highest BCUT2D eigenvalue weighted by Gasteiger charge is 2.80. The summed E-state index contributed by atoms with van der Waals surface area (Å²) in [5, 5.41) is 49.8. The molecule has 0 radical (unpaired) electrons. The number of H-pyrrole nitrogens is 1. The van der Waals surface area contributed by atoms with E-state index in [0.29, 0.717) is 12.3 Å². The van der Waals surface area contributed by atoms with Gasteiger partial charge in [-0.15, -0.1) is 0 Å². The van der Waals surface area contributed by atoms with Crippen molar-refractivity contribution in [2.75, 3.05) is 6.61 Å². The molecule has 1 aliphatic rings. The molecule has 1 saturated heterocycles. The molecule has 0 saturated carbocycles. The van der Waals surface area contributed by atoms with Crippen molar-refractivity contribution in [3.63, 3.8) is 0 Å². The van der Waals surface area contributed by atoms with Gasteiger partial charge in [-0.05, 0) is 0 Å². The van der Waals surface area contributed by atoms with Gasteiger partial charge >= 0.3 is 23.1 Å². The lowest BCUT2D eigenvalue weighted by molar-refractivity contribution is -0.654. The Morgan fingerprint density at radius 2 is 2.13 bits per heavy atom. The van der Waals surface area contributed by atoms with Gasteiger partial charge in [0, 0.05) is 12.3 Å². The number of nitrogens with zero attached hydrogens (tertiary/aromatic N) is 2. The van der Waals surface area contributed by atoms with Crippen LogP contribution in [0.5, 0.6) is 0 Å². The first kappa shape index (κ1) is 16.8. The molecule has 23 heavy (non-hydrogen) atoms. The summed E-state index contributed by atoms with van der Waals surface area (Å²) in [7, 11) is 0. The van der Waals surface area contributed by atoms with Gasteiger partial charge in [-0.3, -0.25) is 24.5 Å². The van der Waals surface area contributed by atoms with E-state index < -0.39 is 52.4 Å². The molecule has 126 valence electrons. The number of carboxylic acids is 1. The quantitative estimate of drug-likeness (QED) is 0.205. The van der Waals surface area contributed by atoms with E-state index in [1.54, 1.807) is 4.98 Å². The summed E-state index contributed by atoms with van der Waals surface area (Å²) in [4.78, 5) is 45.9. The van der Waals surface area contributed by atoms with E-state index in [-0.39, 0.29) is 4.57 Å². The Labute approximate surface area is 125 Å². The third-order valence-electron chi connectivity index (χ3n) is 3.50. The SMILES string of the molecule is O=C(O)[C@@]1(n2ccc(=O)[nH]c2=O)O[C@H](CO)[C@@H](O)[C@]1(O)[N+](=O)[O-]. The van der Waals surface area contributed by atoms with Crippen molar-refractivity contribution < 1.29 is 34.9 Å². The predicted molar refractivity (Wildman–Crippen MR) is 66.8 cm³/mol. The van der Waals surface area contributed by atoms with Crippen molar-refractivity contribution in [3.8, 4) is 0 Å². The van der Waals surface area contributed by atoms with E-state index in [1.807, 2.05) is 0 Å². The van der Waals surface area contributed by atoms with Gasteiger partial charge in [0.1, 0.15) is 6.10 Å². The maximum Gasteiger partial charge on any atom is 0.410 e. The zero-order chi connectivity index (χ0) is 17.6. The molecular formula is C10H11N3O10. The van der Waals surface area contributed by atoms with Crippen LogP contribution in [-0.4, -0.2) is 65.4 Å². The summed E-state index contributed by atoms with van der Waals surface area (Å²) in [6, 6.07) is 0.661. The number of carboxylic acid groups (broad SMARTS) is 1. The molecule has 0 aromatic carbocycles. The lowest BCUT2D eigenvalue weighted by Gasteiger charge is -2.31. The Kier molecular flexibility index (Phi) is 3.81. The summed E-state index contributed by atoms with van der Waals surface area (Å²) >= 11 is 0. The first-order chi connectivity index (χ1) is 10.6. The molecule has 4 atom stereocenters. The third kappa shape index (κ3) is 1.98. The van der Waals surface area contributed by atoms with Gasteiger partial charge in [-0.25, -0.2) is 9.59 Å². The Bertz CT molecular complexity index is 771. The summed E-state index contributed by atoms with van der Waals surface area (Å²) in [5.74, 6) is -2.19. The number of hydrogen-bond acceptors (Lipinski definition) is 9. The van der Waals surface area contributed by atoms with Crippen LogP contribution in [0.15, 0.2) is 21.9 Å². The van der Waals surface area contributed by atoms with Crippen LogP contribution in [0.3, 0.4) is 0 Å². The molecule has 1 aliphatic heterocycles. The second-order valence-corrected chi connectivity index (χ2v) is 4.70. The fourth-order valence-corrected chi connectivity index (χ4v) is 2.41. The second kappa shape index (κ2) is 5.24. The number of nitrogens with one attached hydrogen (secondary N) is 1. The molecule has 1 aromatic rings. The highest BCUT2D eigenvalue weighted by Crippen LogP contribution is 2.43. The summed E-state index contributed by atoms with van der Waals surface area (Å²) in [6.07, 6.45) is -3.80. The van der Waals surface area contributed by atoms with Crippen molar-refractivity contribution in [1.29, 1.82) is 0 Å². The molecule has 0 unspecified atom stereocenters. The molecule has 1 aromatic heterocycles. The largest absolute Gasteiger partial charge is 0.477 e. The van der Waals surface area contributed by atoms with Crippen LogP contribution in [0.2, 0.25) is 0 Å². The molecule has 0 bridgehead atoms. The molecular weight excluding hydrogens is 322 g/mol. The Morgan fingerprint density at radius 1 is 1.52 bits per heavy atom. The second-order valence-electron chi connectivity index (χ2n) is 4.70. The molecule has 0 aliphatic carbocycles. The van der Waals surface area contributed by atoms with Gasteiger partial charge in [-0.1, -0.05) is 0 Å². The summed E-state index contributed by atoms with van der Waals surface area (Å²) in [6.45, 7) is -1.08. The number of aliphatic hydroxyl groups is 3. The lowest BCUT2D eigenvalue weighted by atomic mass is 9.94. The molecule has 0 spiro atoms. The zero-order valence-electron chi connectivity index (χ0n) is 11.1. The first-order valence-corrected chi connectivity index (χ1v) is 6.02. The van der Waals surface area contributed by atoms with Gasteiger partial charge < -0.3 is 25.2 Å². The number of aromatic amines is 1. The maximum atomic E-state index is 11.8. The van der Waals surface area contributed by atoms with Crippen molar-refractivity contribution >= 4 is 5.97 Å². The van der Waals surface area contributed by atoms with Crippen LogP contribution in [-0.2, 0) is 15.3 Å².